The van der Waals surface area contributed by atoms with Crippen LogP contribution in [0.4, 0.5) is 0 Å². The predicted molar refractivity (Wildman–Crippen MR) is 75.1 cm³/mol. The van der Waals surface area contributed by atoms with E-state index >= 15 is 0 Å². The summed E-state index contributed by atoms with van der Waals surface area (Å²) in [6.45, 7) is 9.28. The molecule has 0 bridgehead atoms. The number of hydrogen-bond acceptors (Lipinski definition) is 4. The Labute approximate surface area is 112 Å². The van der Waals surface area contributed by atoms with Crippen molar-refractivity contribution in [1.29, 1.82) is 0 Å². The van der Waals surface area contributed by atoms with Gasteiger partial charge in [-0.25, -0.2) is 0 Å². The molecule has 1 heterocycles. The van der Waals surface area contributed by atoms with E-state index in [4.69, 9.17) is 9.47 Å². The number of nitrogens with zero attached hydrogens (tertiary/aromatic N) is 1. The minimum atomic E-state index is 0.652. The van der Waals surface area contributed by atoms with Gasteiger partial charge in [0.25, 0.3) is 0 Å². The summed E-state index contributed by atoms with van der Waals surface area (Å²) in [5.41, 5.74) is 0. The van der Waals surface area contributed by atoms with E-state index in [9.17, 15) is 0 Å². The summed E-state index contributed by atoms with van der Waals surface area (Å²) in [4.78, 5) is 2.59. The van der Waals surface area contributed by atoms with Crippen LogP contribution in [0.3, 0.4) is 0 Å². The van der Waals surface area contributed by atoms with Gasteiger partial charge in [-0.3, -0.25) is 4.90 Å². The highest BCUT2D eigenvalue weighted by atomic mass is 16.5. The van der Waals surface area contributed by atoms with Gasteiger partial charge >= 0.3 is 0 Å². The summed E-state index contributed by atoms with van der Waals surface area (Å²) in [6.07, 6.45) is 5.13. The van der Waals surface area contributed by atoms with E-state index in [2.05, 4.69) is 17.1 Å². The Morgan fingerprint density at radius 3 is 2.61 bits per heavy atom. The van der Waals surface area contributed by atoms with Gasteiger partial charge in [0.1, 0.15) is 0 Å². The average Bonchev–Trinajstić information content (AvgIpc) is 2.42. The highest BCUT2D eigenvalue weighted by Crippen LogP contribution is 2.11. The lowest BCUT2D eigenvalue weighted by Gasteiger charge is -2.32. The van der Waals surface area contributed by atoms with Crippen LogP contribution in [0.5, 0.6) is 0 Å². The molecule has 0 spiro atoms. The van der Waals surface area contributed by atoms with Gasteiger partial charge in [0, 0.05) is 39.5 Å². The first-order chi connectivity index (χ1) is 8.84. The van der Waals surface area contributed by atoms with Crippen molar-refractivity contribution >= 4 is 0 Å². The van der Waals surface area contributed by atoms with E-state index in [1.54, 1.807) is 7.11 Å². The molecular formula is C14H30N2O2. The van der Waals surface area contributed by atoms with Gasteiger partial charge in [0.2, 0.25) is 0 Å². The molecule has 1 saturated heterocycles. The molecule has 1 fully saturated rings. The van der Waals surface area contributed by atoms with Crippen LogP contribution in [0.15, 0.2) is 0 Å². The molecule has 1 aliphatic heterocycles. The highest BCUT2D eigenvalue weighted by Gasteiger charge is 2.15. The summed E-state index contributed by atoms with van der Waals surface area (Å²) >= 11 is 0. The van der Waals surface area contributed by atoms with Crippen molar-refractivity contribution in [3.8, 4) is 0 Å². The largest absolute Gasteiger partial charge is 0.385 e. The van der Waals surface area contributed by atoms with Crippen molar-refractivity contribution < 1.29 is 9.47 Å². The average molecular weight is 258 g/mol. The Morgan fingerprint density at radius 2 is 1.89 bits per heavy atom. The number of ether oxygens (including phenoxy) is 2. The second kappa shape index (κ2) is 10.7. The molecular weight excluding hydrogens is 228 g/mol. The first-order valence-electron chi connectivity index (χ1n) is 7.36. The molecule has 0 aliphatic carbocycles. The van der Waals surface area contributed by atoms with Crippen LogP contribution in [0.25, 0.3) is 0 Å². The van der Waals surface area contributed by atoms with E-state index in [0.717, 1.165) is 39.3 Å². The summed E-state index contributed by atoms with van der Waals surface area (Å²) in [5, 5.41) is 3.48. The van der Waals surface area contributed by atoms with E-state index < -0.39 is 0 Å². The fourth-order valence-corrected chi connectivity index (χ4v) is 2.35. The zero-order valence-corrected chi connectivity index (χ0v) is 12.1. The Kier molecular flexibility index (Phi) is 9.48. The molecule has 1 atom stereocenters. The zero-order chi connectivity index (χ0) is 13.1. The van der Waals surface area contributed by atoms with Crippen molar-refractivity contribution in [2.24, 2.45) is 0 Å². The number of piperidine rings is 1. The monoisotopic (exact) mass is 258 g/mol. The van der Waals surface area contributed by atoms with Gasteiger partial charge in [-0.1, -0.05) is 6.42 Å². The molecule has 0 aromatic carbocycles. The number of hydrogen-bond donors (Lipinski definition) is 1. The molecule has 108 valence electrons. The third-order valence-electron chi connectivity index (χ3n) is 3.51. The molecule has 1 aliphatic rings. The first kappa shape index (κ1) is 15.9. The number of methoxy groups -OCH3 is 1. The fourth-order valence-electron chi connectivity index (χ4n) is 2.35. The van der Waals surface area contributed by atoms with Crippen LogP contribution in [-0.4, -0.2) is 64.1 Å². The van der Waals surface area contributed by atoms with E-state index in [1.807, 2.05) is 0 Å². The van der Waals surface area contributed by atoms with Crippen molar-refractivity contribution in [2.75, 3.05) is 53.1 Å². The third kappa shape index (κ3) is 7.31. The van der Waals surface area contributed by atoms with Crippen LogP contribution in [-0.2, 0) is 9.47 Å². The summed E-state index contributed by atoms with van der Waals surface area (Å²) < 4.78 is 10.5. The Hall–Kier alpha value is -0.160. The molecule has 0 aromatic heterocycles. The van der Waals surface area contributed by atoms with Gasteiger partial charge in [0.15, 0.2) is 0 Å². The number of likely N-dealkylation sites (tertiary alicyclic amines) is 1. The lowest BCUT2D eigenvalue weighted by molar-refractivity contribution is 0.102. The van der Waals surface area contributed by atoms with Gasteiger partial charge in [-0.2, -0.15) is 0 Å². The second-order valence-corrected chi connectivity index (χ2v) is 5.11. The van der Waals surface area contributed by atoms with Crippen LogP contribution in [0, 0.1) is 0 Å². The number of nitrogens with one attached hydrogen (secondary N) is 1. The van der Waals surface area contributed by atoms with Gasteiger partial charge in [0.05, 0.1) is 6.61 Å². The maximum Gasteiger partial charge on any atom is 0.0590 e. The van der Waals surface area contributed by atoms with Crippen LogP contribution in [0.1, 0.15) is 32.6 Å². The summed E-state index contributed by atoms with van der Waals surface area (Å²) in [5.74, 6) is 0. The molecule has 4 heteroatoms. The van der Waals surface area contributed by atoms with Crippen molar-refractivity contribution in [3.05, 3.63) is 0 Å². The summed E-state index contributed by atoms with van der Waals surface area (Å²) in [7, 11) is 1.73. The van der Waals surface area contributed by atoms with Gasteiger partial charge in [-0.05, 0) is 39.3 Å². The maximum absolute atomic E-state index is 5.51. The lowest BCUT2D eigenvalue weighted by Crippen LogP contribution is -2.43. The molecule has 1 rings (SSSR count). The Balaban J connectivity index is 1.87. The minimum Gasteiger partial charge on any atom is -0.385 e. The fraction of sp³-hybridized carbons (Fsp3) is 1.00. The lowest BCUT2D eigenvalue weighted by atomic mass is 10.1. The van der Waals surface area contributed by atoms with Gasteiger partial charge < -0.3 is 14.8 Å². The predicted octanol–water partition coefficient (Wildman–Crippen LogP) is 1.50. The van der Waals surface area contributed by atoms with Crippen molar-refractivity contribution in [3.63, 3.8) is 0 Å². The van der Waals surface area contributed by atoms with E-state index in [0.29, 0.717) is 6.04 Å². The smallest absolute Gasteiger partial charge is 0.0590 e. The van der Waals surface area contributed by atoms with Crippen LogP contribution >= 0.6 is 0 Å². The van der Waals surface area contributed by atoms with E-state index in [-0.39, 0.29) is 0 Å². The standard InChI is InChI=1S/C14H30N2O2/c1-14(16-8-4-3-5-9-16)13-15-7-12-18-11-6-10-17-2/h14-15H,3-13H2,1-2H3. The highest BCUT2D eigenvalue weighted by molar-refractivity contribution is 4.72. The Morgan fingerprint density at radius 1 is 1.11 bits per heavy atom. The minimum absolute atomic E-state index is 0.652. The molecule has 1 unspecified atom stereocenters. The maximum atomic E-state index is 5.51. The summed E-state index contributed by atoms with van der Waals surface area (Å²) in [6, 6.07) is 0.652. The quantitative estimate of drug-likeness (QED) is 0.602. The van der Waals surface area contributed by atoms with Crippen LogP contribution < -0.4 is 5.32 Å². The van der Waals surface area contributed by atoms with Crippen molar-refractivity contribution in [2.45, 2.75) is 38.6 Å². The topological polar surface area (TPSA) is 33.7 Å². The third-order valence-corrected chi connectivity index (χ3v) is 3.51. The molecule has 0 saturated carbocycles. The Bertz CT molecular complexity index is 185. The molecule has 0 amide bonds. The number of rotatable bonds is 10. The van der Waals surface area contributed by atoms with Crippen molar-refractivity contribution in [1.82, 2.24) is 10.2 Å². The zero-order valence-electron chi connectivity index (χ0n) is 12.1. The molecule has 0 radical (unpaired) electrons. The molecule has 4 nitrogen and oxygen atoms in total. The SMILES string of the molecule is COCCCOCCNCC(C)N1CCCCC1. The molecule has 18 heavy (non-hydrogen) atoms. The van der Waals surface area contributed by atoms with Gasteiger partial charge in [-0.15, -0.1) is 0 Å². The molecule has 1 N–H and O–H groups in total. The molecule has 0 aromatic rings. The first-order valence-corrected chi connectivity index (χ1v) is 7.36. The van der Waals surface area contributed by atoms with Crippen LogP contribution in [0.2, 0.25) is 0 Å². The second-order valence-electron chi connectivity index (χ2n) is 5.11. The normalized spacial score (nSPS) is 19.0. The van der Waals surface area contributed by atoms with E-state index in [1.165, 1.54) is 32.4 Å².